The number of thioether (sulfide) groups is 1. The van der Waals surface area contributed by atoms with Crippen molar-refractivity contribution < 1.29 is 13.6 Å². The molecule has 0 aliphatic carbocycles. The normalized spacial score (nSPS) is 15.9. The van der Waals surface area contributed by atoms with E-state index < -0.39 is 11.6 Å². The minimum atomic E-state index is -0.840. The van der Waals surface area contributed by atoms with Crippen LogP contribution in [0, 0.1) is 31.4 Å². The van der Waals surface area contributed by atoms with Crippen LogP contribution in [0.25, 0.3) is 5.69 Å². The molecule has 2 heterocycles. The molecule has 1 aliphatic rings. The molecule has 1 amide bonds. The van der Waals surface area contributed by atoms with Crippen molar-refractivity contribution >= 4 is 23.4 Å². The summed E-state index contributed by atoms with van der Waals surface area (Å²) in [5, 5.41) is 3.77. The van der Waals surface area contributed by atoms with Crippen LogP contribution in [0.1, 0.15) is 17.5 Å². The quantitative estimate of drug-likeness (QED) is 0.532. The van der Waals surface area contributed by atoms with E-state index in [1.54, 1.807) is 12.3 Å². The highest BCUT2D eigenvalue weighted by Gasteiger charge is 2.24. The molecule has 0 radical (unpaired) electrons. The van der Waals surface area contributed by atoms with Gasteiger partial charge in [-0.25, -0.2) is 13.8 Å². The molecule has 0 saturated carbocycles. The summed E-state index contributed by atoms with van der Waals surface area (Å²) >= 11 is 1.40. The van der Waals surface area contributed by atoms with E-state index >= 15 is 0 Å². The number of hydrogen-bond donors (Lipinski definition) is 1. The Hall–Kier alpha value is -2.87. The first kappa shape index (κ1) is 22.3. The van der Waals surface area contributed by atoms with Gasteiger partial charge in [0.25, 0.3) is 0 Å². The van der Waals surface area contributed by atoms with Crippen LogP contribution in [0.15, 0.2) is 53.9 Å². The molecule has 0 bridgehead atoms. The number of hydrogen-bond acceptors (Lipinski definition) is 4. The number of imidazole rings is 1. The van der Waals surface area contributed by atoms with Gasteiger partial charge in [-0.15, -0.1) is 0 Å². The Morgan fingerprint density at radius 2 is 1.91 bits per heavy atom. The fourth-order valence-corrected chi connectivity index (χ4v) is 4.84. The predicted molar refractivity (Wildman–Crippen MR) is 123 cm³/mol. The van der Waals surface area contributed by atoms with Crippen LogP contribution in [0.3, 0.4) is 0 Å². The average molecular weight is 457 g/mol. The van der Waals surface area contributed by atoms with Crippen molar-refractivity contribution in [3.05, 3.63) is 71.6 Å². The third-order valence-corrected chi connectivity index (χ3v) is 6.53. The van der Waals surface area contributed by atoms with Crippen molar-refractivity contribution in [1.82, 2.24) is 14.9 Å². The lowest BCUT2D eigenvalue weighted by Gasteiger charge is -2.19. The third-order valence-electron chi connectivity index (χ3n) is 5.57. The minimum Gasteiger partial charge on any atom is -0.371 e. The molecule has 32 heavy (non-hydrogen) atoms. The van der Waals surface area contributed by atoms with Crippen LogP contribution < -0.4 is 10.2 Å². The Kier molecular flexibility index (Phi) is 6.79. The first-order valence-electron chi connectivity index (χ1n) is 10.6. The van der Waals surface area contributed by atoms with E-state index in [1.165, 1.54) is 29.0 Å². The topological polar surface area (TPSA) is 50.2 Å². The smallest absolute Gasteiger partial charge is 0.230 e. The maximum absolute atomic E-state index is 13.5. The van der Waals surface area contributed by atoms with Crippen LogP contribution >= 0.6 is 11.8 Å². The molecule has 1 N–H and O–H groups in total. The number of rotatable bonds is 7. The molecule has 1 aliphatic heterocycles. The first-order valence-corrected chi connectivity index (χ1v) is 11.6. The average Bonchev–Trinajstić information content (AvgIpc) is 3.41. The molecule has 1 unspecified atom stereocenters. The van der Waals surface area contributed by atoms with Crippen LogP contribution in [0.5, 0.6) is 0 Å². The van der Waals surface area contributed by atoms with E-state index in [0.717, 1.165) is 29.9 Å². The molecule has 1 atom stereocenters. The minimum absolute atomic E-state index is 0.0451. The molecule has 1 saturated heterocycles. The van der Waals surface area contributed by atoms with Gasteiger partial charge in [0.05, 0.1) is 5.75 Å². The number of anilines is 1. The largest absolute Gasteiger partial charge is 0.371 e. The van der Waals surface area contributed by atoms with Gasteiger partial charge in [0.1, 0.15) is 0 Å². The Bertz CT molecular complexity index is 1100. The summed E-state index contributed by atoms with van der Waals surface area (Å²) in [6, 6.07) is 10.3. The van der Waals surface area contributed by atoms with E-state index in [1.807, 2.05) is 15.7 Å². The van der Waals surface area contributed by atoms with Gasteiger partial charge >= 0.3 is 0 Å². The van der Waals surface area contributed by atoms with Crippen molar-refractivity contribution in [3.63, 3.8) is 0 Å². The maximum atomic E-state index is 13.5. The number of halogens is 2. The van der Waals surface area contributed by atoms with E-state index in [-0.39, 0.29) is 17.6 Å². The van der Waals surface area contributed by atoms with Crippen molar-refractivity contribution in [2.24, 2.45) is 5.92 Å². The number of aromatic nitrogens is 2. The van der Waals surface area contributed by atoms with Crippen LogP contribution in [-0.4, -0.2) is 40.8 Å². The van der Waals surface area contributed by atoms with Crippen molar-refractivity contribution in [3.8, 4) is 5.69 Å². The number of amides is 1. The van der Waals surface area contributed by atoms with Crippen LogP contribution in [0.4, 0.5) is 14.5 Å². The van der Waals surface area contributed by atoms with Gasteiger partial charge in [-0.05, 0) is 61.6 Å². The zero-order valence-corrected chi connectivity index (χ0v) is 19.0. The fraction of sp³-hybridized carbons (Fsp3) is 0.333. The van der Waals surface area contributed by atoms with Crippen LogP contribution in [0.2, 0.25) is 0 Å². The molecule has 5 nitrogen and oxygen atoms in total. The van der Waals surface area contributed by atoms with Crippen molar-refractivity contribution in [2.75, 3.05) is 30.3 Å². The summed E-state index contributed by atoms with van der Waals surface area (Å²) in [4.78, 5) is 18.8. The molecular weight excluding hydrogens is 430 g/mol. The van der Waals surface area contributed by atoms with E-state index in [4.69, 9.17) is 0 Å². The Balaban J connectivity index is 1.27. The fourth-order valence-electron chi connectivity index (χ4n) is 4.04. The summed E-state index contributed by atoms with van der Waals surface area (Å²) < 4.78 is 28.6. The van der Waals surface area contributed by atoms with E-state index in [9.17, 15) is 13.6 Å². The summed E-state index contributed by atoms with van der Waals surface area (Å²) in [5.41, 5.74) is 4.06. The molecule has 3 aromatic rings. The highest BCUT2D eigenvalue weighted by atomic mass is 32.2. The molecule has 2 aromatic carbocycles. The predicted octanol–water partition coefficient (Wildman–Crippen LogP) is 4.50. The van der Waals surface area contributed by atoms with Gasteiger partial charge in [-0.1, -0.05) is 17.8 Å². The van der Waals surface area contributed by atoms with Gasteiger partial charge in [-0.2, -0.15) is 0 Å². The van der Waals surface area contributed by atoms with E-state index in [2.05, 4.69) is 42.3 Å². The van der Waals surface area contributed by atoms with Gasteiger partial charge in [0.2, 0.25) is 5.91 Å². The van der Waals surface area contributed by atoms with Gasteiger partial charge in [0.15, 0.2) is 16.8 Å². The van der Waals surface area contributed by atoms with Gasteiger partial charge in [-0.3, -0.25) is 9.36 Å². The first-order chi connectivity index (χ1) is 15.4. The number of carbonyl (C=O) groups excluding carboxylic acids is 1. The van der Waals surface area contributed by atoms with Crippen LogP contribution in [-0.2, 0) is 4.79 Å². The number of aryl methyl sites for hydroxylation is 2. The molecule has 8 heteroatoms. The number of carbonyl (C=O) groups is 1. The summed E-state index contributed by atoms with van der Waals surface area (Å²) in [7, 11) is 0. The number of benzene rings is 2. The van der Waals surface area contributed by atoms with Gasteiger partial charge < -0.3 is 10.2 Å². The SMILES string of the molecule is Cc1cc(C)cc(-n2ccnc2SCC(=O)NCC2CCN(c3ccc(F)c(F)c3)C2)c1. The second kappa shape index (κ2) is 9.73. The summed E-state index contributed by atoms with van der Waals surface area (Å²) in [6.45, 7) is 6.14. The summed E-state index contributed by atoms with van der Waals surface area (Å²) in [5.74, 6) is -1.17. The molecule has 4 rings (SSSR count). The molecular formula is C24H26F2N4OS. The van der Waals surface area contributed by atoms with Crippen molar-refractivity contribution in [2.45, 2.75) is 25.4 Å². The lowest BCUT2D eigenvalue weighted by Crippen LogP contribution is -2.32. The lowest BCUT2D eigenvalue weighted by atomic mass is 10.1. The zero-order valence-electron chi connectivity index (χ0n) is 18.1. The standard InChI is InChI=1S/C24H26F2N4OS/c1-16-9-17(2)11-20(10-16)30-8-6-27-24(30)32-15-23(31)28-13-18-5-7-29(14-18)19-3-4-21(25)22(26)12-19/h3-4,6,8-12,18H,5,7,13-15H2,1-2H3,(H,28,31). The molecule has 1 fully saturated rings. The summed E-state index contributed by atoms with van der Waals surface area (Å²) in [6.07, 6.45) is 4.53. The highest BCUT2D eigenvalue weighted by molar-refractivity contribution is 7.99. The Morgan fingerprint density at radius 1 is 1.12 bits per heavy atom. The lowest BCUT2D eigenvalue weighted by molar-refractivity contribution is -0.118. The highest BCUT2D eigenvalue weighted by Crippen LogP contribution is 2.25. The molecule has 0 spiro atoms. The zero-order chi connectivity index (χ0) is 22.7. The third kappa shape index (κ3) is 5.30. The van der Waals surface area contributed by atoms with Gasteiger partial charge in [0, 0.05) is 49.5 Å². The molecule has 168 valence electrons. The maximum Gasteiger partial charge on any atom is 0.230 e. The number of nitrogens with zero attached hydrogens (tertiary/aromatic N) is 3. The second-order valence-electron chi connectivity index (χ2n) is 8.22. The van der Waals surface area contributed by atoms with Crippen molar-refractivity contribution in [1.29, 1.82) is 0 Å². The molecule has 1 aromatic heterocycles. The second-order valence-corrected chi connectivity index (χ2v) is 9.16. The Labute approximate surface area is 190 Å². The Morgan fingerprint density at radius 3 is 2.66 bits per heavy atom. The van der Waals surface area contributed by atoms with E-state index in [0.29, 0.717) is 18.8 Å². The number of nitrogens with one attached hydrogen (secondary N) is 1. The monoisotopic (exact) mass is 456 g/mol.